The third kappa shape index (κ3) is 5.20. The molecule has 10 heteroatoms. The molecule has 0 atom stereocenters. The third-order valence-electron chi connectivity index (χ3n) is 5.27. The fraction of sp³-hybridized carbons (Fsp3) is 0.381. The fourth-order valence-corrected chi connectivity index (χ4v) is 5.62. The van der Waals surface area contributed by atoms with E-state index < -0.39 is 16.0 Å². The lowest BCUT2D eigenvalue weighted by Crippen LogP contribution is -2.50. The molecule has 0 amide bonds. The number of nitrogens with zero attached hydrogens (tertiary/aromatic N) is 3. The Morgan fingerprint density at radius 3 is 2.35 bits per heavy atom. The first-order chi connectivity index (χ1) is 14.6. The number of phenolic OH excluding ortho intramolecular Hbond substituents is 1. The number of carbonyl (C=O) groups excluding carboxylic acids is 1. The lowest BCUT2D eigenvalue weighted by molar-refractivity contribution is 0.0601. The number of anilines is 1. The number of rotatable bonds is 6. The number of piperazine rings is 1. The second-order valence-electron chi connectivity index (χ2n) is 7.52. The summed E-state index contributed by atoms with van der Waals surface area (Å²) in [5.41, 5.74) is 1.05. The van der Waals surface area contributed by atoms with Gasteiger partial charge in [0.1, 0.15) is 5.75 Å². The zero-order valence-electron chi connectivity index (χ0n) is 17.7. The van der Waals surface area contributed by atoms with E-state index in [0.717, 1.165) is 13.1 Å². The molecule has 2 aromatic rings. The van der Waals surface area contributed by atoms with Crippen molar-refractivity contribution in [1.29, 1.82) is 0 Å². The van der Waals surface area contributed by atoms with Crippen LogP contribution >= 0.6 is 15.9 Å². The molecule has 1 aliphatic heterocycles. The van der Waals surface area contributed by atoms with Gasteiger partial charge in [-0.3, -0.25) is 9.21 Å². The summed E-state index contributed by atoms with van der Waals surface area (Å²) >= 11 is 3.38. The number of likely N-dealkylation sites (N-methyl/N-ethyl adjacent to an activating group) is 1. The number of phenols is 1. The first-order valence-corrected chi connectivity index (χ1v) is 12.0. The second kappa shape index (κ2) is 9.56. The minimum absolute atomic E-state index is 0.0255. The molecule has 8 nitrogen and oxygen atoms in total. The highest BCUT2D eigenvalue weighted by Gasteiger charge is 2.32. The number of ether oxygens (including phenoxy) is 1. The standard InChI is InChI=1S/C21H26BrN3O5S/c1-15-12-16(22)13-19(21(27)30-3)20(15)25(14-24-10-8-23(2)9-11-24)31(28,29)18-6-4-17(26)5-7-18/h4-7,12-13,26H,8-11,14H2,1-3H3. The number of sulfonamides is 1. The molecule has 0 radical (unpaired) electrons. The Labute approximate surface area is 191 Å². The van der Waals surface area contributed by atoms with Crippen molar-refractivity contribution in [3.05, 3.63) is 52.0 Å². The average Bonchev–Trinajstić information content (AvgIpc) is 2.73. The smallest absolute Gasteiger partial charge is 0.340 e. The van der Waals surface area contributed by atoms with Gasteiger partial charge in [-0.25, -0.2) is 13.2 Å². The molecule has 0 aromatic heterocycles. The van der Waals surface area contributed by atoms with Crippen molar-refractivity contribution >= 4 is 37.6 Å². The SMILES string of the molecule is COC(=O)c1cc(Br)cc(C)c1N(CN1CCN(C)CC1)S(=O)(=O)c1ccc(O)cc1. The largest absolute Gasteiger partial charge is 0.508 e. The van der Waals surface area contributed by atoms with E-state index in [4.69, 9.17) is 4.74 Å². The van der Waals surface area contributed by atoms with Crippen molar-refractivity contribution in [3.63, 3.8) is 0 Å². The zero-order valence-corrected chi connectivity index (χ0v) is 20.1. The van der Waals surface area contributed by atoms with Crippen LogP contribution in [0, 0.1) is 6.92 Å². The molecule has 31 heavy (non-hydrogen) atoms. The quantitative estimate of drug-likeness (QED) is 0.596. The van der Waals surface area contributed by atoms with E-state index in [1.165, 1.54) is 35.7 Å². The molecule has 1 saturated heterocycles. The van der Waals surface area contributed by atoms with Crippen LogP contribution in [-0.2, 0) is 14.8 Å². The van der Waals surface area contributed by atoms with Gasteiger partial charge in [-0.05, 0) is 55.9 Å². The van der Waals surface area contributed by atoms with Crippen LogP contribution in [0.2, 0.25) is 0 Å². The molecule has 0 unspecified atom stereocenters. The van der Waals surface area contributed by atoms with Gasteiger partial charge in [0.05, 0.1) is 29.9 Å². The fourth-order valence-electron chi connectivity index (χ4n) is 3.52. The number of hydrogen-bond donors (Lipinski definition) is 1. The third-order valence-corrected chi connectivity index (χ3v) is 7.47. The topological polar surface area (TPSA) is 90.4 Å². The maximum absolute atomic E-state index is 13.7. The number of benzene rings is 2. The van der Waals surface area contributed by atoms with E-state index in [1.54, 1.807) is 19.1 Å². The number of methoxy groups -OCH3 is 1. The second-order valence-corrected chi connectivity index (χ2v) is 10.3. The Kier molecular flexibility index (Phi) is 7.25. The van der Waals surface area contributed by atoms with Crippen molar-refractivity contribution in [2.45, 2.75) is 11.8 Å². The van der Waals surface area contributed by atoms with Crippen LogP contribution in [0.5, 0.6) is 5.75 Å². The number of hydrogen-bond acceptors (Lipinski definition) is 7. The maximum Gasteiger partial charge on any atom is 0.340 e. The number of halogens is 1. The summed E-state index contributed by atoms with van der Waals surface area (Å²) in [5.74, 6) is -0.650. The summed E-state index contributed by atoms with van der Waals surface area (Å²) in [4.78, 5) is 16.8. The van der Waals surface area contributed by atoms with E-state index in [2.05, 4.69) is 20.8 Å². The molecule has 0 saturated carbocycles. The molecular formula is C21H26BrN3O5S. The molecule has 2 aromatic carbocycles. The van der Waals surface area contributed by atoms with Crippen LogP contribution in [0.1, 0.15) is 15.9 Å². The highest BCUT2D eigenvalue weighted by molar-refractivity contribution is 9.10. The molecule has 0 bridgehead atoms. The summed E-state index contributed by atoms with van der Waals surface area (Å²) in [6.07, 6.45) is 0. The zero-order chi connectivity index (χ0) is 22.8. The Hall–Kier alpha value is -2.14. The van der Waals surface area contributed by atoms with Gasteiger partial charge in [-0.15, -0.1) is 0 Å². The minimum Gasteiger partial charge on any atom is -0.508 e. The van der Waals surface area contributed by atoms with Crippen LogP contribution in [0.15, 0.2) is 45.8 Å². The molecule has 1 N–H and O–H groups in total. The van der Waals surface area contributed by atoms with Crippen LogP contribution in [0.4, 0.5) is 5.69 Å². The minimum atomic E-state index is -4.04. The van der Waals surface area contributed by atoms with Crippen LogP contribution in [-0.4, -0.2) is 76.3 Å². The van der Waals surface area contributed by atoms with E-state index in [-0.39, 0.29) is 28.6 Å². The Morgan fingerprint density at radius 2 is 1.77 bits per heavy atom. The Balaban J connectivity index is 2.15. The van der Waals surface area contributed by atoms with Crippen LogP contribution in [0.25, 0.3) is 0 Å². The number of aromatic hydroxyl groups is 1. The van der Waals surface area contributed by atoms with Gasteiger partial charge in [-0.1, -0.05) is 15.9 Å². The highest BCUT2D eigenvalue weighted by Crippen LogP contribution is 2.34. The van der Waals surface area contributed by atoms with Crippen molar-refractivity contribution < 1.29 is 23.1 Å². The summed E-state index contributed by atoms with van der Waals surface area (Å²) in [5, 5.41) is 9.60. The lowest BCUT2D eigenvalue weighted by atomic mass is 10.1. The first kappa shape index (κ1) is 23.5. The van der Waals surface area contributed by atoms with Crippen molar-refractivity contribution in [2.75, 3.05) is 51.3 Å². The number of esters is 1. The number of aryl methyl sites for hydroxylation is 1. The molecule has 0 aliphatic carbocycles. The summed E-state index contributed by atoms with van der Waals surface area (Å²) < 4.78 is 34.3. The lowest BCUT2D eigenvalue weighted by Gasteiger charge is -2.37. The first-order valence-electron chi connectivity index (χ1n) is 9.74. The Morgan fingerprint density at radius 1 is 1.16 bits per heavy atom. The van der Waals surface area contributed by atoms with E-state index in [1.807, 2.05) is 11.9 Å². The maximum atomic E-state index is 13.7. The molecular weight excluding hydrogens is 486 g/mol. The predicted octanol–water partition coefficient (Wildman–Crippen LogP) is 2.65. The summed E-state index contributed by atoms with van der Waals surface area (Å²) in [7, 11) is -0.750. The summed E-state index contributed by atoms with van der Waals surface area (Å²) in [6.45, 7) is 4.87. The van der Waals surface area contributed by atoms with Gasteiger partial charge in [-0.2, -0.15) is 0 Å². The number of carbonyl (C=O) groups is 1. The monoisotopic (exact) mass is 511 g/mol. The van der Waals surface area contributed by atoms with Gasteiger partial charge in [0, 0.05) is 30.7 Å². The van der Waals surface area contributed by atoms with E-state index in [9.17, 15) is 18.3 Å². The van der Waals surface area contributed by atoms with Crippen molar-refractivity contribution in [3.8, 4) is 5.75 Å². The van der Waals surface area contributed by atoms with Gasteiger partial charge < -0.3 is 14.7 Å². The molecule has 1 fully saturated rings. The van der Waals surface area contributed by atoms with Crippen molar-refractivity contribution in [2.24, 2.45) is 0 Å². The highest BCUT2D eigenvalue weighted by atomic mass is 79.9. The molecule has 1 aliphatic rings. The van der Waals surface area contributed by atoms with Crippen molar-refractivity contribution in [1.82, 2.24) is 9.80 Å². The normalized spacial score (nSPS) is 15.6. The van der Waals surface area contributed by atoms with Crippen LogP contribution < -0.4 is 4.31 Å². The molecule has 0 spiro atoms. The Bertz CT molecular complexity index is 1050. The molecule has 1 heterocycles. The van der Waals surface area contributed by atoms with Gasteiger partial charge >= 0.3 is 5.97 Å². The van der Waals surface area contributed by atoms with Gasteiger partial charge in [0.25, 0.3) is 10.0 Å². The van der Waals surface area contributed by atoms with E-state index >= 15 is 0 Å². The summed E-state index contributed by atoms with van der Waals surface area (Å²) in [6, 6.07) is 8.71. The van der Waals surface area contributed by atoms with Gasteiger partial charge in [0.15, 0.2) is 0 Å². The van der Waals surface area contributed by atoms with Crippen LogP contribution in [0.3, 0.4) is 0 Å². The van der Waals surface area contributed by atoms with E-state index in [0.29, 0.717) is 23.1 Å². The molecule has 3 rings (SSSR count). The average molecular weight is 512 g/mol. The molecule has 168 valence electrons. The van der Waals surface area contributed by atoms with Gasteiger partial charge in [0.2, 0.25) is 0 Å². The predicted molar refractivity (Wildman–Crippen MR) is 122 cm³/mol.